The summed E-state index contributed by atoms with van der Waals surface area (Å²) < 4.78 is 4.55. The molecule has 1 aromatic carbocycles. The summed E-state index contributed by atoms with van der Waals surface area (Å²) >= 11 is 4.11. The summed E-state index contributed by atoms with van der Waals surface area (Å²) in [6.45, 7) is 0.770. The van der Waals surface area contributed by atoms with Gasteiger partial charge in [0, 0.05) is 37.6 Å². The van der Waals surface area contributed by atoms with E-state index >= 15 is 0 Å². The van der Waals surface area contributed by atoms with Crippen molar-refractivity contribution in [1.29, 1.82) is 0 Å². The first kappa shape index (κ1) is 15.6. The van der Waals surface area contributed by atoms with Crippen LogP contribution >= 0.6 is 12.6 Å². The predicted octanol–water partition coefficient (Wildman–Crippen LogP) is 2.10. The molecule has 4 heteroatoms. The number of thiol groups is 1. The molecule has 0 N–H and O–H groups in total. The van der Waals surface area contributed by atoms with E-state index in [0.717, 1.165) is 10.5 Å². The Kier molecular flexibility index (Phi) is 10.5. The van der Waals surface area contributed by atoms with Crippen LogP contribution in [0.25, 0.3) is 0 Å². The molecule has 0 bridgehead atoms. The molecule has 1 radical (unpaired) electrons. The average Bonchev–Trinajstić information content (AvgIpc) is 2.04. The molecule has 0 amide bonds. The Morgan fingerprint density at radius 1 is 1.31 bits per heavy atom. The van der Waals surface area contributed by atoms with Crippen molar-refractivity contribution in [3.05, 3.63) is 37.3 Å². The summed E-state index contributed by atoms with van der Waals surface area (Å²) in [5.41, 5.74) is 0.968. The molecule has 0 aliphatic heterocycles. The predicted molar refractivity (Wildman–Crippen MR) is 51.0 cm³/mol. The van der Waals surface area contributed by atoms with E-state index in [4.69, 9.17) is 0 Å². The first-order chi connectivity index (χ1) is 5.33. The van der Waals surface area contributed by atoms with Crippen molar-refractivity contribution in [2.24, 2.45) is 0 Å². The van der Waals surface area contributed by atoms with Gasteiger partial charge in [0.15, 0.2) is 0 Å². The molecule has 0 aliphatic rings. The van der Waals surface area contributed by atoms with E-state index in [2.05, 4.69) is 17.4 Å². The van der Waals surface area contributed by atoms with Gasteiger partial charge in [-0.05, 0) is 17.7 Å². The molecule has 0 aliphatic carbocycles. The summed E-state index contributed by atoms with van der Waals surface area (Å²) in [6, 6.07) is 7.44. The zero-order chi connectivity index (χ0) is 8.10. The van der Waals surface area contributed by atoms with Crippen molar-refractivity contribution in [2.75, 3.05) is 0 Å². The van der Waals surface area contributed by atoms with E-state index in [9.17, 15) is 4.79 Å². The van der Waals surface area contributed by atoms with Gasteiger partial charge in [-0.15, -0.1) is 12.6 Å². The summed E-state index contributed by atoms with van der Waals surface area (Å²) in [5.74, 6) is 0. The Hall–Kier alpha value is 0.144. The van der Waals surface area contributed by atoms with Gasteiger partial charge in [-0.1, -0.05) is 12.1 Å². The SMILES string of the molecule is O=COCc1ccc(S)cc1.[CH3-].[Y]. The Balaban J connectivity index is 0. The van der Waals surface area contributed by atoms with Gasteiger partial charge in [-0.3, -0.25) is 4.79 Å². The van der Waals surface area contributed by atoms with Gasteiger partial charge in [-0.25, -0.2) is 0 Å². The molecule has 13 heavy (non-hydrogen) atoms. The van der Waals surface area contributed by atoms with Gasteiger partial charge in [0.2, 0.25) is 0 Å². The fourth-order valence-corrected chi connectivity index (χ4v) is 0.871. The molecule has 0 saturated heterocycles. The Labute approximate surface area is 109 Å². The van der Waals surface area contributed by atoms with E-state index in [0.29, 0.717) is 13.1 Å². The Morgan fingerprint density at radius 3 is 2.31 bits per heavy atom. The summed E-state index contributed by atoms with van der Waals surface area (Å²) in [4.78, 5) is 10.7. The van der Waals surface area contributed by atoms with Crippen molar-refractivity contribution in [1.82, 2.24) is 0 Å². The molecule has 0 aromatic heterocycles. The molecule has 0 unspecified atom stereocenters. The molecule has 0 saturated carbocycles. The van der Waals surface area contributed by atoms with Crippen LogP contribution in [-0.4, -0.2) is 6.47 Å². The van der Waals surface area contributed by atoms with Crippen LogP contribution in [0.15, 0.2) is 29.2 Å². The standard InChI is InChI=1S/C8H8O2S.CH3.Y/c9-6-10-5-7-1-3-8(11)4-2-7;;/h1-4,6,11H,5H2;1H3;/q;-1;. The number of ether oxygens (including phenoxy) is 1. The van der Waals surface area contributed by atoms with Crippen LogP contribution in [0.2, 0.25) is 0 Å². The zero-order valence-electron chi connectivity index (χ0n) is 7.43. The van der Waals surface area contributed by atoms with Crippen LogP contribution in [0.3, 0.4) is 0 Å². The normalized spacial score (nSPS) is 7.77. The summed E-state index contributed by atoms with van der Waals surface area (Å²) in [7, 11) is 0. The summed E-state index contributed by atoms with van der Waals surface area (Å²) in [5, 5.41) is 0. The third-order valence-corrected chi connectivity index (χ3v) is 1.55. The topological polar surface area (TPSA) is 26.3 Å². The minimum atomic E-state index is 0. The van der Waals surface area contributed by atoms with Crippen LogP contribution in [0.5, 0.6) is 0 Å². The maximum Gasteiger partial charge on any atom is 0.293 e. The van der Waals surface area contributed by atoms with Crippen LogP contribution in [0, 0.1) is 7.43 Å². The first-order valence-electron chi connectivity index (χ1n) is 3.16. The maximum absolute atomic E-state index is 9.81. The molecule has 2 nitrogen and oxygen atoms in total. The molecule has 0 spiro atoms. The second-order valence-corrected chi connectivity index (χ2v) is 2.59. The molecule has 1 aromatic rings. The van der Waals surface area contributed by atoms with Crippen molar-refractivity contribution >= 4 is 19.1 Å². The molecule has 0 fully saturated rings. The fourth-order valence-electron chi connectivity index (χ4n) is 0.722. The number of benzene rings is 1. The van der Waals surface area contributed by atoms with E-state index in [1.165, 1.54) is 0 Å². The van der Waals surface area contributed by atoms with Gasteiger partial charge in [0.05, 0.1) is 0 Å². The van der Waals surface area contributed by atoms with Crippen molar-refractivity contribution in [2.45, 2.75) is 11.5 Å². The van der Waals surface area contributed by atoms with Gasteiger partial charge >= 0.3 is 0 Å². The quantitative estimate of drug-likeness (QED) is 0.518. The average molecular weight is 272 g/mol. The Morgan fingerprint density at radius 2 is 1.85 bits per heavy atom. The van der Waals surface area contributed by atoms with Gasteiger partial charge in [0.1, 0.15) is 6.61 Å². The number of hydrogen-bond donors (Lipinski definition) is 1. The number of carbonyl (C=O) groups is 1. The van der Waals surface area contributed by atoms with Crippen molar-refractivity contribution in [3.63, 3.8) is 0 Å². The number of hydrogen-bond acceptors (Lipinski definition) is 3. The van der Waals surface area contributed by atoms with Gasteiger partial charge in [0.25, 0.3) is 6.47 Å². The van der Waals surface area contributed by atoms with Crippen LogP contribution in [0.4, 0.5) is 0 Å². The van der Waals surface area contributed by atoms with Gasteiger partial charge in [-0.2, -0.15) is 0 Å². The van der Waals surface area contributed by atoms with Crippen molar-refractivity contribution in [3.8, 4) is 0 Å². The second kappa shape index (κ2) is 8.73. The molecule has 1 rings (SSSR count). The molecule has 0 atom stereocenters. The molecular formula is C9H11O2SY-. The Bertz CT molecular complexity index is 236. The molecule has 69 valence electrons. The number of carbonyl (C=O) groups excluding carboxylic acids is 1. The minimum Gasteiger partial charge on any atom is -0.463 e. The zero-order valence-corrected chi connectivity index (χ0v) is 11.2. The molecular weight excluding hydrogens is 261 g/mol. The minimum absolute atomic E-state index is 0. The summed E-state index contributed by atoms with van der Waals surface area (Å²) in [6.07, 6.45) is 0. The van der Waals surface area contributed by atoms with Crippen LogP contribution < -0.4 is 0 Å². The first-order valence-corrected chi connectivity index (χ1v) is 3.61. The van der Waals surface area contributed by atoms with E-state index in [-0.39, 0.29) is 40.1 Å². The monoisotopic (exact) mass is 272 g/mol. The third kappa shape index (κ3) is 6.25. The maximum atomic E-state index is 9.81. The van der Waals surface area contributed by atoms with Crippen LogP contribution in [0.1, 0.15) is 5.56 Å². The third-order valence-electron chi connectivity index (χ3n) is 1.25. The van der Waals surface area contributed by atoms with E-state index in [1.807, 2.05) is 24.3 Å². The second-order valence-electron chi connectivity index (χ2n) is 2.07. The van der Waals surface area contributed by atoms with Crippen LogP contribution in [-0.2, 0) is 48.8 Å². The fraction of sp³-hybridized carbons (Fsp3) is 0.111. The van der Waals surface area contributed by atoms with Gasteiger partial charge < -0.3 is 12.2 Å². The van der Waals surface area contributed by atoms with E-state index in [1.54, 1.807) is 0 Å². The van der Waals surface area contributed by atoms with E-state index < -0.39 is 0 Å². The number of rotatable bonds is 3. The smallest absolute Gasteiger partial charge is 0.293 e. The molecule has 0 heterocycles. The van der Waals surface area contributed by atoms with Crippen molar-refractivity contribution < 1.29 is 42.2 Å². The largest absolute Gasteiger partial charge is 0.463 e.